The third kappa shape index (κ3) is 4.40. The van der Waals surface area contributed by atoms with Gasteiger partial charge in [0.15, 0.2) is 17.1 Å². The molecule has 5 atom stereocenters. The number of phenolic OH excluding ortho intramolecular Hbond substituents is 1. The average Bonchev–Trinajstić information content (AvgIpc) is 3.41. The molecule has 1 aromatic carbocycles. The summed E-state index contributed by atoms with van der Waals surface area (Å²) in [7, 11) is 6.68. The molecule has 1 fully saturated rings. The number of aromatic hydroxyl groups is 1. The van der Waals surface area contributed by atoms with E-state index in [0.717, 1.165) is 13.0 Å². The highest BCUT2D eigenvalue weighted by atomic mass is 16.3. The van der Waals surface area contributed by atoms with Crippen molar-refractivity contribution in [1.29, 1.82) is 0 Å². The molecule has 0 aromatic heterocycles. The molecule has 232 valence electrons. The first-order chi connectivity index (χ1) is 20.2. The van der Waals surface area contributed by atoms with Crippen LogP contribution in [-0.2, 0) is 20.8 Å². The Balaban J connectivity index is 1.65. The molecule has 1 aliphatic heterocycles. The first-order valence-electron chi connectivity index (χ1n) is 14.4. The highest BCUT2D eigenvalue weighted by molar-refractivity contribution is 6.25. The minimum atomic E-state index is -2.72. The van der Waals surface area contributed by atoms with Gasteiger partial charge in [0.25, 0.3) is 5.91 Å². The van der Waals surface area contributed by atoms with Crippen molar-refractivity contribution in [3.8, 4) is 5.75 Å². The fourth-order valence-electron chi connectivity index (χ4n) is 7.51. The van der Waals surface area contributed by atoms with Crippen molar-refractivity contribution < 1.29 is 39.6 Å². The SMILES string of the molecule is CCN1CCCC1C(=O)Nc1cc(N(C)C)c2c(c1O)C(=O)C1=C(O)[C@]3(O)C(=O)C(C(N)=O)=C(O)[C@@H](N(C)C)[C@@H]3C[C@@H]1C2. The van der Waals surface area contributed by atoms with Gasteiger partial charge in [-0.25, -0.2) is 0 Å². The predicted octanol–water partition coefficient (Wildman–Crippen LogP) is 0.609. The number of likely N-dealkylation sites (N-methyl/N-ethyl adjacent to an activating group) is 2. The van der Waals surface area contributed by atoms with Crippen LogP contribution in [0.1, 0.15) is 42.1 Å². The van der Waals surface area contributed by atoms with E-state index < -0.39 is 63.8 Å². The van der Waals surface area contributed by atoms with E-state index >= 15 is 0 Å². The predicted molar refractivity (Wildman–Crippen MR) is 157 cm³/mol. The lowest BCUT2D eigenvalue weighted by Crippen LogP contribution is -2.63. The summed E-state index contributed by atoms with van der Waals surface area (Å²) < 4.78 is 0. The van der Waals surface area contributed by atoms with Gasteiger partial charge < -0.3 is 36.4 Å². The molecule has 1 unspecified atom stereocenters. The molecular weight excluding hydrogens is 558 g/mol. The zero-order chi connectivity index (χ0) is 31.7. The van der Waals surface area contributed by atoms with E-state index in [0.29, 0.717) is 24.2 Å². The van der Waals surface area contributed by atoms with E-state index in [4.69, 9.17) is 5.73 Å². The number of Topliss-reactive ketones (excluding diaryl/α,β-unsaturated/α-hetero) is 2. The second-order valence-electron chi connectivity index (χ2n) is 12.3. The van der Waals surface area contributed by atoms with Crippen molar-refractivity contribution in [2.24, 2.45) is 17.6 Å². The Kier molecular flexibility index (Phi) is 7.56. The highest BCUT2D eigenvalue weighted by Crippen LogP contribution is 2.54. The van der Waals surface area contributed by atoms with Gasteiger partial charge in [0, 0.05) is 31.3 Å². The Hall–Kier alpha value is -3.94. The van der Waals surface area contributed by atoms with Crippen LogP contribution in [0.25, 0.3) is 0 Å². The third-order valence-electron chi connectivity index (χ3n) is 9.51. The van der Waals surface area contributed by atoms with E-state index in [2.05, 4.69) is 5.32 Å². The molecule has 0 saturated carbocycles. The van der Waals surface area contributed by atoms with Crippen LogP contribution in [0.2, 0.25) is 0 Å². The number of phenols is 1. The number of carbonyl (C=O) groups excluding carboxylic acids is 4. The Morgan fingerprint density at radius 3 is 2.42 bits per heavy atom. The van der Waals surface area contributed by atoms with Gasteiger partial charge in [0.1, 0.15) is 17.1 Å². The number of allylic oxidation sites excluding steroid dienone is 1. The molecule has 1 heterocycles. The fraction of sp³-hybridized carbons (Fsp3) is 0.533. The van der Waals surface area contributed by atoms with E-state index in [-0.39, 0.29) is 41.6 Å². The molecule has 3 aliphatic carbocycles. The first kappa shape index (κ1) is 30.5. The summed E-state index contributed by atoms with van der Waals surface area (Å²) in [5.74, 6) is -7.53. The molecule has 0 radical (unpaired) electrons. The molecule has 2 amide bonds. The largest absolute Gasteiger partial charge is 0.510 e. The second-order valence-corrected chi connectivity index (χ2v) is 12.3. The fourth-order valence-corrected chi connectivity index (χ4v) is 7.51. The second kappa shape index (κ2) is 10.6. The molecule has 13 heteroatoms. The van der Waals surface area contributed by atoms with Crippen molar-refractivity contribution in [1.82, 2.24) is 9.80 Å². The summed E-state index contributed by atoms with van der Waals surface area (Å²) in [6, 6.07) is 0.159. The molecule has 4 aliphatic rings. The monoisotopic (exact) mass is 597 g/mol. The van der Waals surface area contributed by atoms with E-state index in [1.807, 2.05) is 11.8 Å². The average molecular weight is 598 g/mol. The Morgan fingerprint density at radius 2 is 1.84 bits per heavy atom. The van der Waals surface area contributed by atoms with Gasteiger partial charge in [-0.1, -0.05) is 6.92 Å². The van der Waals surface area contributed by atoms with Gasteiger partial charge in [-0.2, -0.15) is 0 Å². The molecule has 0 bridgehead atoms. The quantitative estimate of drug-likeness (QED) is 0.198. The van der Waals surface area contributed by atoms with Crippen LogP contribution < -0.4 is 16.0 Å². The number of rotatable bonds is 6. The van der Waals surface area contributed by atoms with Gasteiger partial charge in [-0.15, -0.1) is 0 Å². The number of nitrogens with one attached hydrogen (secondary N) is 1. The highest BCUT2D eigenvalue weighted by Gasteiger charge is 2.63. The topological polar surface area (TPSA) is 197 Å². The maximum atomic E-state index is 14.2. The number of anilines is 2. The van der Waals surface area contributed by atoms with Crippen LogP contribution in [0.4, 0.5) is 11.4 Å². The summed E-state index contributed by atoms with van der Waals surface area (Å²) in [6.07, 6.45) is 1.66. The van der Waals surface area contributed by atoms with Crippen LogP contribution in [0.3, 0.4) is 0 Å². The standard InChI is InChI=1S/C30H39N5O8/c1-6-35-9-7-8-17(35)29(42)32-16-12-18(33(2)3)14-10-13-11-15-22(34(4)5)25(38)21(28(31)41)27(40)30(15,43)26(39)19(13)24(37)20(14)23(16)36/h12-13,15,17,22,36,38-39,43H,6-11H2,1-5H3,(H2,31,41)(H,32,42)/t13-,15-,17?,22-,30-/m0/s1. The van der Waals surface area contributed by atoms with Crippen molar-refractivity contribution in [3.63, 3.8) is 0 Å². The van der Waals surface area contributed by atoms with Crippen molar-refractivity contribution in [3.05, 3.63) is 39.9 Å². The van der Waals surface area contributed by atoms with E-state index in [1.54, 1.807) is 39.2 Å². The Bertz CT molecular complexity index is 1500. The molecule has 13 nitrogen and oxygen atoms in total. The van der Waals surface area contributed by atoms with Crippen LogP contribution in [0.5, 0.6) is 5.75 Å². The van der Waals surface area contributed by atoms with Crippen LogP contribution in [-0.4, -0.2) is 113 Å². The molecular formula is C30H39N5O8. The summed E-state index contributed by atoms with van der Waals surface area (Å²) in [5, 5.41) is 48.5. The number of nitrogens with two attached hydrogens (primary N) is 1. The molecule has 5 rings (SSSR count). The van der Waals surface area contributed by atoms with Gasteiger partial charge in [-0.3, -0.25) is 29.0 Å². The number of nitrogens with zero attached hydrogens (tertiary/aromatic N) is 3. The number of hydrogen-bond acceptors (Lipinski definition) is 11. The number of carbonyl (C=O) groups is 4. The van der Waals surface area contributed by atoms with E-state index in [9.17, 15) is 39.6 Å². The van der Waals surface area contributed by atoms with Gasteiger partial charge >= 0.3 is 0 Å². The van der Waals surface area contributed by atoms with Crippen LogP contribution in [0, 0.1) is 11.8 Å². The Morgan fingerprint density at radius 1 is 1.16 bits per heavy atom. The van der Waals surface area contributed by atoms with E-state index in [1.165, 1.54) is 4.90 Å². The first-order valence-corrected chi connectivity index (χ1v) is 14.4. The summed E-state index contributed by atoms with van der Waals surface area (Å²) >= 11 is 0. The van der Waals surface area contributed by atoms with Gasteiger partial charge in [0.05, 0.1) is 23.3 Å². The number of primary amides is 1. The number of hydrogen-bond donors (Lipinski definition) is 6. The van der Waals surface area contributed by atoms with Crippen LogP contribution in [0.15, 0.2) is 28.7 Å². The molecule has 1 saturated heterocycles. The maximum absolute atomic E-state index is 14.2. The maximum Gasteiger partial charge on any atom is 0.255 e. The molecule has 7 N–H and O–H groups in total. The lowest BCUT2D eigenvalue weighted by molar-refractivity contribution is -0.148. The number of aliphatic hydroxyl groups excluding tert-OH is 2. The lowest BCUT2D eigenvalue weighted by Gasteiger charge is -2.50. The summed E-state index contributed by atoms with van der Waals surface area (Å²) in [6.45, 7) is 3.43. The minimum Gasteiger partial charge on any atom is -0.510 e. The molecule has 43 heavy (non-hydrogen) atoms. The summed E-state index contributed by atoms with van der Waals surface area (Å²) in [4.78, 5) is 58.4. The van der Waals surface area contributed by atoms with Crippen molar-refractivity contribution >= 4 is 34.8 Å². The zero-order valence-corrected chi connectivity index (χ0v) is 25.0. The number of fused-ring (bicyclic) bond motifs is 3. The van der Waals surface area contributed by atoms with Gasteiger partial charge in [0.2, 0.25) is 11.7 Å². The number of benzene rings is 1. The smallest absolute Gasteiger partial charge is 0.255 e. The number of aliphatic hydroxyl groups is 3. The summed E-state index contributed by atoms with van der Waals surface area (Å²) in [5.41, 5.74) is 2.49. The minimum absolute atomic E-state index is 0.00753. The third-order valence-corrected chi connectivity index (χ3v) is 9.51. The van der Waals surface area contributed by atoms with Gasteiger partial charge in [-0.05, 0) is 70.4 Å². The van der Waals surface area contributed by atoms with Crippen LogP contribution >= 0.6 is 0 Å². The number of likely N-dealkylation sites (tertiary alicyclic amines) is 1. The number of ketones is 2. The lowest BCUT2D eigenvalue weighted by atomic mass is 9.58. The molecule has 0 spiro atoms. The Labute approximate surface area is 249 Å². The van der Waals surface area contributed by atoms with Crippen molar-refractivity contribution in [2.45, 2.75) is 50.3 Å². The zero-order valence-electron chi connectivity index (χ0n) is 25.0. The molecule has 1 aromatic rings. The van der Waals surface area contributed by atoms with Crippen molar-refractivity contribution in [2.75, 3.05) is 51.5 Å². The normalized spacial score (nSPS) is 29.0. The number of amides is 2.